The third kappa shape index (κ3) is 5.44. The zero-order chi connectivity index (χ0) is 15.1. The molecule has 1 fully saturated rings. The van der Waals surface area contributed by atoms with E-state index in [0.717, 1.165) is 38.2 Å². The summed E-state index contributed by atoms with van der Waals surface area (Å²) in [6.45, 7) is 6.59. The fourth-order valence-electron chi connectivity index (χ4n) is 2.85. The molecule has 0 aliphatic carbocycles. The second kappa shape index (κ2) is 8.10. The lowest BCUT2D eigenvalue weighted by atomic mass is 10.2. The topological polar surface area (TPSA) is 48.5 Å². The molecule has 1 aromatic heterocycles. The number of carbonyl (C=O) groups excluding carboxylic acids is 1. The zero-order valence-corrected chi connectivity index (χ0v) is 13.1. The quantitative estimate of drug-likeness (QED) is 0.817. The van der Waals surface area contributed by atoms with Crippen LogP contribution in [0.1, 0.15) is 25.3 Å². The molecule has 0 saturated carbocycles. The lowest BCUT2D eigenvalue weighted by Crippen LogP contribution is -2.42. The van der Waals surface area contributed by atoms with Crippen molar-refractivity contribution in [3.05, 3.63) is 30.1 Å². The van der Waals surface area contributed by atoms with E-state index in [4.69, 9.17) is 0 Å². The Morgan fingerprint density at radius 3 is 3.14 bits per heavy atom. The molecule has 116 valence electrons. The maximum absolute atomic E-state index is 12.1. The van der Waals surface area contributed by atoms with Gasteiger partial charge in [0.2, 0.25) is 5.91 Å². The highest BCUT2D eigenvalue weighted by Crippen LogP contribution is 2.09. The summed E-state index contributed by atoms with van der Waals surface area (Å²) in [5, 5.41) is 3.15. The minimum atomic E-state index is 0.115. The van der Waals surface area contributed by atoms with E-state index in [1.54, 1.807) is 6.20 Å². The summed E-state index contributed by atoms with van der Waals surface area (Å²) in [6, 6.07) is 4.27. The summed E-state index contributed by atoms with van der Waals surface area (Å²) in [5.41, 5.74) is 1.13. The summed E-state index contributed by atoms with van der Waals surface area (Å²) in [6.07, 6.45) is 5.85. The number of rotatable bonds is 7. The monoisotopic (exact) mass is 290 g/mol. The molecule has 1 atom stereocenters. The van der Waals surface area contributed by atoms with Crippen LogP contribution in [0.4, 0.5) is 0 Å². The van der Waals surface area contributed by atoms with E-state index in [2.05, 4.69) is 22.1 Å². The van der Waals surface area contributed by atoms with Crippen molar-refractivity contribution in [3.63, 3.8) is 0 Å². The number of nitrogens with zero attached hydrogens (tertiary/aromatic N) is 3. The van der Waals surface area contributed by atoms with Crippen LogP contribution in [-0.2, 0) is 11.3 Å². The summed E-state index contributed by atoms with van der Waals surface area (Å²) in [4.78, 5) is 20.6. The van der Waals surface area contributed by atoms with Crippen LogP contribution in [0.25, 0.3) is 0 Å². The molecule has 1 saturated heterocycles. The SMILES string of the molecule is CCCN1CC[C@H](NC(=O)CN(C)Cc2cccnc2)C1. The number of likely N-dealkylation sites (tertiary alicyclic amines) is 1. The summed E-state index contributed by atoms with van der Waals surface area (Å²) in [5.74, 6) is 0.115. The van der Waals surface area contributed by atoms with Gasteiger partial charge in [0.1, 0.15) is 0 Å². The molecular formula is C16H26N4O. The molecule has 1 aromatic rings. The van der Waals surface area contributed by atoms with Gasteiger partial charge in [0.15, 0.2) is 0 Å². The van der Waals surface area contributed by atoms with E-state index in [9.17, 15) is 4.79 Å². The van der Waals surface area contributed by atoms with Crippen LogP contribution in [0.5, 0.6) is 0 Å². The maximum atomic E-state index is 12.1. The van der Waals surface area contributed by atoms with Gasteiger partial charge in [-0.3, -0.25) is 14.7 Å². The third-order valence-electron chi connectivity index (χ3n) is 3.77. The number of aromatic nitrogens is 1. The summed E-state index contributed by atoms with van der Waals surface area (Å²) >= 11 is 0. The molecule has 0 bridgehead atoms. The summed E-state index contributed by atoms with van der Waals surface area (Å²) in [7, 11) is 1.96. The number of nitrogens with one attached hydrogen (secondary N) is 1. The standard InChI is InChI=1S/C16H26N4O/c1-3-8-20-9-6-15(12-20)18-16(21)13-19(2)11-14-5-4-7-17-10-14/h4-5,7,10,15H,3,6,8-9,11-13H2,1-2H3,(H,18,21)/t15-/m0/s1. The predicted molar refractivity (Wildman–Crippen MR) is 83.8 cm³/mol. The van der Waals surface area contributed by atoms with Crippen LogP contribution in [0.15, 0.2) is 24.5 Å². The minimum Gasteiger partial charge on any atom is -0.351 e. The zero-order valence-electron chi connectivity index (χ0n) is 13.1. The third-order valence-corrected chi connectivity index (χ3v) is 3.77. The van der Waals surface area contributed by atoms with Gasteiger partial charge >= 0.3 is 0 Å². The normalized spacial score (nSPS) is 19.1. The van der Waals surface area contributed by atoms with Gasteiger partial charge in [-0.25, -0.2) is 0 Å². The van der Waals surface area contributed by atoms with Crippen LogP contribution >= 0.6 is 0 Å². The predicted octanol–water partition coefficient (Wildman–Crippen LogP) is 1.11. The largest absolute Gasteiger partial charge is 0.351 e. The van der Waals surface area contributed by atoms with Crippen molar-refractivity contribution in [3.8, 4) is 0 Å². The number of hydrogen-bond acceptors (Lipinski definition) is 4. The van der Waals surface area contributed by atoms with E-state index in [1.165, 1.54) is 6.42 Å². The minimum absolute atomic E-state index is 0.115. The van der Waals surface area contributed by atoms with Crippen LogP contribution < -0.4 is 5.32 Å². The lowest BCUT2D eigenvalue weighted by molar-refractivity contribution is -0.122. The fraction of sp³-hybridized carbons (Fsp3) is 0.625. The number of likely N-dealkylation sites (N-methyl/N-ethyl adjacent to an activating group) is 1. The van der Waals surface area contributed by atoms with Gasteiger partial charge in [-0.1, -0.05) is 13.0 Å². The highest BCUT2D eigenvalue weighted by molar-refractivity contribution is 5.78. The fourth-order valence-corrected chi connectivity index (χ4v) is 2.85. The van der Waals surface area contributed by atoms with Gasteiger partial charge in [-0.2, -0.15) is 0 Å². The first-order valence-corrected chi connectivity index (χ1v) is 7.76. The lowest BCUT2D eigenvalue weighted by Gasteiger charge is -2.19. The smallest absolute Gasteiger partial charge is 0.234 e. The van der Waals surface area contributed by atoms with E-state index in [1.807, 2.05) is 30.3 Å². The van der Waals surface area contributed by atoms with Crippen LogP contribution in [0.3, 0.4) is 0 Å². The Labute approximate surface area is 127 Å². The van der Waals surface area contributed by atoms with Crippen LogP contribution in [0.2, 0.25) is 0 Å². The molecule has 1 amide bonds. The van der Waals surface area contributed by atoms with Crippen molar-refractivity contribution in [1.82, 2.24) is 20.1 Å². The highest BCUT2D eigenvalue weighted by atomic mass is 16.2. The van der Waals surface area contributed by atoms with E-state index >= 15 is 0 Å². The Hall–Kier alpha value is -1.46. The number of pyridine rings is 1. The second-order valence-electron chi connectivity index (χ2n) is 5.89. The number of hydrogen-bond donors (Lipinski definition) is 1. The van der Waals surface area contributed by atoms with Gasteiger partial charge in [0, 0.05) is 38.1 Å². The molecule has 2 rings (SSSR count). The van der Waals surface area contributed by atoms with Gasteiger partial charge in [-0.15, -0.1) is 0 Å². The van der Waals surface area contributed by atoms with E-state index in [0.29, 0.717) is 12.6 Å². The Kier molecular flexibility index (Phi) is 6.14. The molecule has 0 unspecified atom stereocenters. The first-order chi connectivity index (χ1) is 10.2. The average molecular weight is 290 g/mol. The summed E-state index contributed by atoms with van der Waals surface area (Å²) < 4.78 is 0. The molecule has 5 heteroatoms. The molecule has 0 radical (unpaired) electrons. The van der Waals surface area contributed by atoms with Crippen molar-refractivity contribution in [1.29, 1.82) is 0 Å². The van der Waals surface area contributed by atoms with Gasteiger partial charge in [-0.05, 0) is 38.1 Å². The van der Waals surface area contributed by atoms with Crippen molar-refractivity contribution < 1.29 is 4.79 Å². The Bertz CT molecular complexity index is 437. The first-order valence-electron chi connectivity index (χ1n) is 7.76. The van der Waals surface area contributed by atoms with Gasteiger partial charge in [0.25, 0.3) is 0 Å². The second-order valence-corrected chi connectivity index (χ2v) is 5.89. The molecular weight excluding hydrogens is 264 g/mol. The van der Waals surface area contributed by atoms with Crippen LogP contribution in [-0.4, -0.2) is 60.0 Å². The van der Waals surface area contributed by atoms with E-state index in [-0.39, 0.29) is 5.91 Å². The highest BCUT2D eigenvalue weighted by Gasteiger charge is 2.23. The van der Waals surface area contributed by atoms with Crippen molar-refractivity contribution in [2.24, 2.45) is 0 Å². The van der Waals surface area contributed by atoms with Crippen molar-refractivity contribution in [2.75, 3.05) is 33.2 Å². The molecule has 0 spiro atoms. The molecule has 0 aromatic carbocycles. The molecule has 2 heterocycles. The molecule has 21 heavy (non-hydrogen) atoms. The molecule has 1 aliphatic rings. The molecule has 1 aliphatic heterocycles. The average Bonchev–Trinajstić information content (AvgIpc) is 2.87. The molecule has 5 nitrogen and oxygen atoms in total. The van der Waals surface area contributed by atoms with Crippen molar-refractivity contribution >= 4 is 5.91 Å². The Morgan fingerprint density at radius 2 is 2.43 bits per heavy atom. The first kappa shape index (κ1) is 15.9. The van der Waals surface area contributed by atoms with Gasteiger partial charge in [0.05, 0.1) is 6.54 Å². The maximum Gasteiger partial charge on any atom is 0.234 e. The van der Waals surface area contributed by atoms with Crippen molar-refractivity contribution in [2.45, 2.75) is 32.4 Å². The van der Waals surface area contributed by atoms with Crippen LogP contribution in [0, 0.1) is 0 Å². The van der Waals surface area contributed by atoms with Gasteiger partial charge < -0.3 is 10.2 Å². The number of carbonyl (C=O) groups is 1. The van der Waals surface area contributed by atoms with E-state index < -0.39 is 0 Å². The molecule has 1 N–H and O–H groups in total. The Balaban J connectivity index is 1.70. The number of amides is 1. The Morgan fingerprint density at radius 1 is 1.57 bits per heavy atom.